The molecule has 2 aromatic rings. The van der Waals surface area contributed by atoms with Crippen LogP contribution in [0.15, 0.2) is 59.1 Å². The van der Waals surface area contributed by atoms with E-state index in [1.165, 1.54) is 4.90 Å². The van der Waals surface area contributed by atoms with Gasteiger partial charge in [-0.3, -0.25) is 14.5 Å². The van der Waals surface area contributed by atoms with Gasteiger partial charge in [-0.25, -0.2) is 0 Å². The Hall–Kier alpha value is -2.65. The highest BCUT2D eigenvalue weighted by Gasteiger charge is 2.17. The molecule has 0 radical (unpaired) electrons. The van der Waals surface area contributed by atoms with Gasteiger partial charge in [-0.15, -0.1) is 0 Å². The zero-order valence-corrected chi connectivity index (χ0v) is 14.4. The molecule has 0 aromatic heterocycles. The first-order valence-corrected chi connectivity index (χ1v) is 8.02. The van der Waals surface area contributed by atoms with E-state index in [2.05, 4.69) is 15.9 Å². The molecule has 0 aliphatic heterocycles. The van der Waals surface area contributed by atoms with Gasteiger partial charge in [0.15, 0.2) is 6.61 Å². The molecule has 0 aliphatic carbocycles. The van der Waals surface area contributed by atoms with Gasteiger partial charge in [0, 0.05) is 10.2 Å². The van der Waals surface area contributed by atoms with Gasteiger partial charge >= 0.3 is 5.97 Å². The summed E-state index contributed by atoms with van der Waals surface area (Å²) in [5.41, 5.74) is 1.39. The van der Waals surface area contributed by atoms with Gasteiger partial charge in [-0.2, -0.15) is 5.26 Å². The van der Waals surface area contributed by atoms with Crippen molar-refractivity contribution in [3.63, 3.8) is 0 Å². The predicted molar refractivity (Wildman–Crippen MR) is 93.2 cm³/mol. The second-order valence-corrected chi connectivity index (χ2v) is 5.85. The molecule has 0 saturated heterocycles. The Morgan fingerprint density at radius 2 is 1.75 bits per heavy atom. The van der Waals surface area contributed by atoms with Gasteiger partial charge in [0.2, 0.25) is 0 Å². The molecule has 0 heterocycles. The van der Waals surface area contributed by atoms with Crippen LogP contribution in [-0.4, -0.2) is 25.0 Å². The highest BCUT2D eigenvalue weighted by molar-refractivity contribution is 9.10. The number of anilines is 1. The normalized spacial score (nSPS) is 9.83. The number of amides is 1. The number of benzene rings is 2. The summed E-state index contributed by atoms with van der Waals surface area (Å²) < 4.78 is 5.96. The molecular formula is C18H15BrN2O3. The van der Waals surface area contributed by atoms with E-state index < -0.39 is 18.5 Å². The van der Waals surface area contributed by atoms with Crippen molar-refractivity contribution >= 4 is 33.5 Å². The van der Waals surface area contributed by atoms with Crippen LogP contribution in [-0.2, 0) is 20.7 Å². The molecule has 6 heteroatoms. The van der Waals surface area contributed by atoms with Crippen LogP contribution >= 0.6 is 15.9 Å². The number of ether oxygens (including phenoxy) is 1. The molecule has 122 valence electrons. The van der Waals surface area contributed by atoms with Gasteiger partial charge < -0.3 is 4.74 Å². The third-order valence-electron chi connectivity index (χ3n) is 3.22. The second kappa shape index (κ2) is 8.85. The highest BCUT2D eigenvalue weighted by Crippen LogP contribution is 2.14. The standard InChI is InChI=1S/C18H15BrN2O3/c19-15-8-6-14(7-9-15)12-18(23)24-13-17(22)21(11-10-20)16-4-2-1-3-5-16/h1-9H,11-13H2. The number of hydrogen-bond donors (Lipinski definition) is 0. The number of nitriles is 1. The fourth-order valence-corrected chi connectivity index (χ4v) is 2.31. The lowest BCUT2D eigenvalue weighted by Gasteiger charge is -2.19. The maximum atomic E-state index is 12.2. The number of rotatable bonds is 6. The summed E-state index contributed by atoms with van der Waals surface area (Å²) in [5.74, 6) is -0.928. The number of halogens is 1. The van der Waals surface area contributed by atoms with Gasteiger partial charge in [-0.1, -0.05) is 46.3 Å². The molecule has 0 spiro atoms. The Morgan fingerprint density at radius 1 is 1.08 bits per heavy atom. The summed E-state index contributed by atoms with van der Waals surface area (Å²) >= 11 is 3.32. The molecule has 0 aliphatic rings. The van der Waals surface area contributed by atoms with Crippen LogP contribution in [0, 0.1) is 11.3 Å². The molecule has 5 nitrogen and oxygen atoms in total. The number of carbonyl (C=O) groups excluding carboxylic acids is 2. The van der Waals surface area contributed by atoms with E-state index in [-0.39, 0.29) is 13.0 Å². The molecule has 1 amide bonds. The van der Waals surface area contributed by atoms with Gasteiger partial charge in [0.1, 0.15) is 6.54 Å². The Morgan fingerprint density at radius 3 is 2.38 bits per heavy atom. The van der Waals surface area contributed by atoms with Crippen molar-refractivity contribution in [2.45, 2.75) is 6.42 Å². The van der Waals surface area contributed by atoms with Gasteiger partial charge in [0.25, 0.3) is 5.91 Å². The smallest absolute Gasteiger partial charge is 0.310 e. The van der Waals surface area contributed by atoms with Crippen molar-refractivity contribution in [1.29, 1.82) is 5.26 Å². The highest BCUT2D eigenvalue weighted by atomic mass is 79.9. The maximum Gasteiger partial charge on any atom is 0.310 e. The molecule has 0 bridgehead atoms. The fraction of sp³-hybridized carbons (Fsp3) is 0.167. The first-order chi connectivity index (χ1) is 11.6. The molecule has 0 N–H and O–H groups in total. The van der Waals surface area contributed by atoms with Crippen LogP contribution in [0.25, 0.3) is 0 Å². The van der Waals surface area contributed by atoms with Crippen molar-refractivity contribution in [3.05, 3.63) is 64.6 Å². The van der Waals surface area contributed by atoms with Crippen LogP contribution < -0.4 is 4.90 Å². The quantitative estimate of drug-likeness (QED) is 0.564. The lowest BCUT2D eigenvalue weighted by Crippen LogP contribution is -2.35. The molecule has 24 heavy (non-hydrogen) atoms. The van der Waals surface area contributed by atoms with Crippen molar-refractivity contribution in [2.24, 2.45) is 0 Å². The number of hydrogen-bond acceptors (Lipinski definition) is 4. The predicted octanol–water partition coefficient (Wildman–Crippen LogP) is 3.09. The minimum Gasteiger partial charge on any atom is -0.455 e. The Kier molecular flexibility index (Phi) is 6.52. The van der Waals surface area contributed by atoms with Crippen molar-refractivity contribution in [3.8, 4) is 6.07 Å². The summed E-state index contributed by atoms with van der Waals surface area (Å²) in [6.07, 6.45) is 0.0874. The van der Waals surface area contributed by atoms with E-state index >= 15 is 0 Å². The topological polar surface area (TPSA) is 70.4 Å². The first-order valence-electron chi connectivity index (χ1n) is 7.22. The minimum absolute atomic E-state index is 0.0874. The average Bonchev–Trinajstić information content (AvgIpc) is 2.60. The van der Waals surface area contributed by atoms with Crippen LogP contribution in [0.1, 0.15) is 5.56 Å². The van der Waals surface area contributed by atoms with E-state index in [1.807, 2.05) is 24.3 Å². The zero-order valence-electron chi connectivity index (χ0n) is 12.8. The molecule has 0 fully saturated rings. The average molecular weight is 387 g/mol. The Bertz CT molecular complexity index is 739. The van der Waals surface area contributed by atoms with Crippen molar-refractivity contribution < 1.29 is 14.3 Å². The second-order valence-electron chi connectivity index (χ2n) is 4.94. The summed E-state index contributed by atoms with van der Waals surface area (Å²) in [6, 6.07) is 18.0. The number of nitrogens with zero attached hydrogens (tertiary/aromatic N) is 2. The van der Waals surface area contributed by atoms with E-state index in [0.717, 1.165) is 10.0 Å². The summed E-state index contributed by atoms with van der Waals surface area (Å²) in [7, 11) is 0. The molecule has 2 rings (SSSR count). The Balaban J connectivity index is 1.91. The third kappa shape index (κ3) is 5.21. The minimum atomic E-state index is -0.490. The van der Waals surface area contributed by atoms with Crippen LogP contribution in [0.2, 0.25) is 0 Å². The zero-order chi connectivity index (χ0) is 17.4. The monoisotopic (exact) mass is 386 g/mol. The number of esters is 1. The van der Waals surface area contributed by atoms with Gasteiger partial charge in [-0.05, 0) is 29.8 Å². The summed E-state index contributed by atoms with van der Waals surface area (Å²) in [6.45, 7) is -0.501. The molecular weight excluding hydrogens is 372 g/mol. The Labute approximate surface area is 148 Å². The maximum absolute atomic E-state index is 12.2. The summed E-state index contributed by atoms with van der Waals surface area (Å²) in [4.78, 5) is 25.4. The van der Waals surface area contributed by atoms with E-state index in [4.69, 9.17) is 10.00 Å². The van der Waals surface area contributed by atoms with Crippen molar-refractivity contribution in [2.75, 3.05) is 18.1 Å². The largest absolute Gasteiger partial charge is 0.455 e. The molecule has 0 unspecified atom stereocenters. The SMILES string of the molecule is N#CCN(C(=O)COC(=O)Cc1ccc(Br)cc1)c1ccccc1. The number of carbonyl (C=O) groups is 2. The first kappa shape index (κ1) is 17.7. The third-order valence-corrected chi connectivity index (χ3v) is 3.74. The van der Waals surface area contributed by atoms with Crippen molar-refractivity contribution in [1.82, 2.24) is 0 Å². The molecule has 0 atom stereocenters. The van der Waals surface area contributed by atoms with E-state index in [0.29, 0.717) is 5.69 Å². The van der Waals surface area contributed by atoms with Crippen LogP contribution in [0.3, 0.4) is 0 Å². The van der Waals surface area contributed by atoms with Crippen LogP contribution in [0.4, 0.5) is 5.69 Å². The van der Waals surface area contributed by atoms with E-state index in [9.17, 15) is 9.59 Å². The lowest BCUT2D eigenvalue weighted by molar-refractivity contribution is -0.147. The van der Waals surface area contributed by atoms with Crippen LogP contribution in [0.5, 0.6) is 0 Å². The van der Waals surface area contributed by atoms with Gasteiger partial charge in [0.05, 0.1) is 12.5 Å². The fourth-order valence-electron chi connectivity index (χ4n) is 2.04. The molecule has 0 saturated carbocycles. The molecule has 2 aromatic carbocycles. The lowest BCUT2D eigenvalue weighted by atomic mass is 10.2. The number of para-hydroxylation sites is 1. The van der Waals surface area contributed by atoms with E-state index in [1.54, 1.807) is 36.4 Å². The summed E-state index contributed by atoms with van der Waals surface area (Å²) in [5, 5.41) is 8.89.